The molecule has 0 aliphatic rings. The average molecular weight is 166 g/mol. The third-order valence-electron chi connectivity index (χ3n) is 0.566. The van der Waals surface area contributed by atoms with Gasteiger partial charge in [0.2, 0.25) is 0 Å². The van der Waals surface area contributed by atoms with E-state index in [1.54, 1.807) is 0 Å². The first-order valence-corrected chi connectivity index (χ1v) is 6.00. The van der Waals surface area contributed by atoms with Crippen LogP contribution in [0.4, 0.5) is 0 Å². The molecular weight excluding hydrogens is 152 g/mol. The van der Waals surface area contributed by atoms with E-state index in [0.29, 0.717) is 0 Å². The minimum atomic E-state index is 1.26. The minimum Gasteiger partial charge on any atom is -0.350 e. The lowest BCUT2D eigenvalue weighted by Gasteiger charge is -2.16. The zero-order chi connectivity index (χ0) is 5.86. The lowest BCUT2D eigenvalue weighted by Crippen LogP contribution is -2.31. The molecule has 0 radical (unpaired) electrons. The second-order valence-electron chi connectivity index (χ2n) is 2.30. The molecule has 0 saturated carbocycles. The summed E-state index contributed by atoms with van der Waals surface area (Å²) in [6.45, 7) is 1.27. The molecule has 0 aliphatic carbocycles. The van der Waals surface area contributed by atoms with Crippen LogP contribution in [0.1, 0.15) is 0 Å². The first-order chi connectivity index (χ1) is 3.13. The Hall–Kier alpha value is 0.788. The molecule has 0 saturated heterocycles. The van der Waals surface area contributed by atoms with Crippen molar-refractivity contribution >= 4 is 41.6 Å². The second kappa shape index (κ2) is 3.75. The van der Waals surface area contributed by atoms with Gasteiger partial charge in [0.05, 0.1) is 41.6 Å². The molecule has 0 aromatic heterocycles. The lowest BCUT2D eigenvalue weighted by molar-refractivity contribution is 0.549. The highest BCUT2D eigenvalue weighted by Crippen LogP contribution is 1.70. The summed E-state index contributed by atoms with van der Waals surface area (Å²) in [7, 11) is 5.06. The number of hydrogen-bond donors (Lipinski definition) is 0. The van der Waals surface area contributed by atoms with Gasteiger partial charge in [-0.3, -0.25) is 0 Å². The van der Waals surface area contributed by atoms with Gasteiger partial charge < -0.3 is 8.46 Å². The molecule has 44 valence electrons. The molecule has 0 N–H and O–H groups in total. The van der Waals surface area contributed by atoms with Gasteiger partial charge in [-0.05, 0) is 0 Å². The van der Waals surface area contributed by atoms with Gasteiger partial charge in [-0.1, -0.05) is 0 Å². The van der Waals surface area contributed by atoms with E-state index in [9.17, 15) is 0 Å². The monoisotopic (exact) mass is 166 g/mol. The first kappa shape index (κ1) is 7.79. The topological polar surface area (TPSA) is 6.48 Å². The Kier molecular flexibility index (Phi) is 4.17. The Morgan fingerprint density at radius 1 is 0.857 bits per heavy atom. The van der Waals surface area contributed by atoms with Crippen molar-refractivity contribution < 1.29 is 0 Å². The van der Waals surface area contributed by atoms with Crippen molar-refractivity contribution in [2.24, 2.45) is 0 Å². The summed E-state index contributed by atoms with van der Waals surface area (Å²) in [5, 5.41) is 0. The fraction of sp³-hybridized carbons (Fsp3) is 1.00. The molecule has 0 aromatic rings. The highest BCUT2D eigenvalue weighted by Gasteiger charge is 1.86. The SMILES string of the molecule is [SiH3]N([SiH3])CN([SiH3])[SiH3]. The van der Waals surface area contributed by atoms with Crippen LogP contribution in [0.3, 0.4) is 0 Å². The normalized spacial score (nSPS) is 12.9. The first-order valence-electron chi connectivity index (χ1n) is 2.42. The molecular formula is CH14N2Si4. The van der Waals surface area contributed by atoms with Gasteiger partial charge in [-0.2, -0.15) is 0 Å². The van der Waals surface area contributed by atoms with E-state index in [0.717, 1.165) is 0 Å². The van der Waals surface area contributed by atoms with Crippen LogP contribution < -0.4 is 0 Å². The van der Waals surface area contributed by atoms with E-state index in [-0.39, 0.29) is 0 Å². The van der Waals surface area contributed by atoms with Gasteiger partial charge in [0.25, 0.3) is 0 Å². The predicted molar refractivity (Wildman–Crippen MR) is 48.3 cm³/mol. The van der Waals surface area contributed by atoms with E-state index in [1.807, 2.05) is 0 Å². The molecule has 0 atom stereocenters. The van der Waals surface area contributed by atoms with Crippen LogP contribution in [0.5, 0.6) is 0 Å². The maximum Gasteiger partial charge on any atom is 0.0710 e. The van der Waals surface area contributed by atoms with Crippen LogP contribution in [0.15, 0.2) is 0 Å². The third kappa shape index (κ3) is 6.79. The maximum atomic E-state index is 2.47. The smallest absolute Gasteiger partial charge is 0.0710 e. The quantitative estimate of drug-likeness (QED) is 0.299. The fourth-order valence-electron chi connectivity index (χ4n) is 0.566. The largest absolute Gasteiger partial charge is 0.350 e. The summed E-state index contributed by atoms with van der Waals surface area (Å²) in [4.78, 5) is 0. The summed E-state index contributed by atoms with van der Waals surface area (Å²) >= 11 is 0. The van der Waals surface area contributed by atoms with Crippen molar-refractivity contribution in [3.05, 3.63) is 0 Å². The van der Waals surface area contributed by atoms with Crippen LogP contribution >= 0.6 is 0 Å². The van der Waals surface area contributed by atoms with Crippen molar-refractivity contribution in [2.45, 2.75) is 0 Å². The molecule has 0 aliphatic heterocycles. The molecule has 0 aromatic carbocycles. The van der Waals surface area contributed by atoms with Gasteiger partial charge in [0.1, 0.15) is 0 Å². The van der Waals surface area contributed by atoms with Crippen molar-refractivity contribution in [1.29, 1.82) is 0 Å². The van der Waals surface area contributed by atoms with Gasteiger partial charge in [0, 0.05) is 6.67 Å². The van der Waals surface area contributed by atoms with Crippen LogP contribution in [-0.2, 0) is 0 Å². The number of nitrogens with zero attached hydrogens (tertiary/aromatic N) is 2. The highest BCUT2D eigenvalue weighted by molar-refractivity contribution is 6.28. The summed E-state index contributed by atoms with van der Waals surface area (Å²) in [5.41, 5.74) is 0. The summed E-state index contributed by atoms with van der Waals surface area (Å²) in [6, 6.07) is 0. The lowest BCUT2D eigenvalue weighted by atomic mass is 11.3. The van der Waals surface area contributed by atoms with Crippen LogP contribution in [-0.4, -0.2) is 56.7 Å². The van der Waals surface area contributed by atoms with E-state index in [4.69, 9.17) is 0 Å². The van der Waals surface area contributed by atoms with Crippen molar-refractivity contribution in [3.63, 3.8) is 0 Å². The van der Waals surface area contributed by atoms with Crippen LogP contribution in [0.25, 0.3) is 0 Å². The highest BCUT2D eigenvalue weighted by atomic mass is 28.2. The Balaban J connectivity index is 2.95. The van der Waals surface area contributed by atoms with Gasteiger partial charge in [-0.25, -0.2) is 0 Å². The van der Waals surface area contributed by atoms with Crippen LogP contribution in [0, 0.1) is 0 Å². The zero-order valence-electron chi connectivity index (χ0n) is 5.60. The van der Waals surface area contributed by atoms with E-state index in [2.05, 4.69) is 8.46 Å². The second-order valence-corrected chi connectivity index (χ2v) is 12.0. The maximum absolute atomic E-state index is 2.47. The Labute approximate surface area is 57.3 Å². The zero-order valence-corrected chi connectivity index (χ0v) is 13.6. The molecule has 0 fully saturated rings. The van der Waals surface area contributed by atoms with Crippen molar-refractivity contribution in [2.75, 3.05) is 6.67 Å². The summed E-state index contributed by atoms with van der Waals surface area (Å²) in [6.07, 6.45) is 0. The van der Waals surface area contributed by atoms with E-state index >= 15 is 0 Å². The Bertz CT molecular complexity index is 39.0. The van der Waals surface area contributed by atoms with Crippen LogP contribution in [0.2, 0.25) is 0 Å². The Morgan fingerprint density at radius 3 is 1.14 bits per heavy atom. The van der Waals surface area contributed by atoms with Gasteiger partial charge >= 0.3 is 0 Å². The molecule has 0 bridgehead atoms. The summed E-state index contributed by atoms with van der Waals surface area (Å²) < 4.78 is 4.94. The third-order valence-corrected chi connectivity index (χ3v) is 1.70. The molecule has 0 amide bonds. The van der Waals surface area contributed by atoms with Crippen molar-refractivity contribution in [3.8, 4) is 0 Å². The summed E-state index contributed by atoms with van der Waals surface area (Å²) in [5.74, 6) is 0. The molecule has 6 heteroatoms. The fourth-order valence-corrected chi connectivity index (χ4v) is 5.09. The van der Waals surface area contributed by atoms with E-state index in [1.165, 1.54) is 48.3 Å². The number of hydrogen-bond acceptors (Lipinski definition) is 2. The minimum absolute atomic E-state index is 1.26. The van der Waals surface area contributed by atoms with Gasteiger partial charge in [0.15, 0.2) is 0 Å². The molecule has 0 rings (SSSR count). The predicted octanol–water partition coefficient (Wildman–Crippen LogP) is -5.33. The average Bonchev–Trinajstić information content (AvgIpc) is 1.27. The molecule has 0 heterocycles. The molecule has 0 unspecified atom stereocenters. The van der Waals surface area contributed by atoms with E-state index < -0.39 is 0 Å². The molecule has 2 nitrogen and oxygen atoms in total. The molecule has 0 spiro atoms. The Morgan fingerprint density at radius 2 is 1.14 bits per heavy atom. The van der Waals surface area contributed by atoms with Gasteiger partial charge in [-0.15, -0.1) is 0 Å². The van der Waals surface area contributed by atoms with Crippen molar-refractivity contribution in [1.82, 2.24) is 8.46 Å². The standard InChI is InChI=1S/CH14N2Si4/c4-2(5)1-3(6)7/h1H2,4-7H3. The number of rotatable bonds is 2. The molecule has 7 heavy (non-hydrogen) atoms.